The number of carbonyl (C=O) groups is 3. The van der Waals surface area contributed by atoms with E-state index in [-0.39, 0.29) is 11.8 Å². The van der Waals surface area contributed by atoms with Gasteiger partial charge in [-0.05, 0) is 67.3 Å². The van der Waals surface area contributed by atoms with E-state index in [1.165, 1.54) is 6.42 Å². The van der Waals surface area contributed by atoms with Crippen LogP contribution in [0.4, 0.5) is 5.69 Å². The van der Waals surface area contributed by atoms with Gasteiger partial charge in [0.1, 0.15) is 5.75 Å². The molecule has 0 bridgehead atoms. The van der Waals surface area contributed by atoms with Gasteiger partial charge >= 0.3 is 0 Å². The fourth-order valence-electron chi connectivity index (χ4n) is 3.54. The third-order valence-corrected chi connectivity index (χ3v) is 5.38. The molecule has 0 spiro atoms. The molecule has 0 aliphatic heterocycles. The monoisotopic (exact) mass is 437 g/mol. The van der Waals surface area contributed by atoms with Crippen molar-refractivity contribution < 1.29 is 19.1 Å². The summed E-state index contributed by atoms with van der Waals surface area (Å²) in [6.07, 6.45) is 5.25. The lowest BCUT2D eigenvalue weighted by Gasteiger charge is -2.20. The van der Waals surface area contributed by atoms with Crippen molar-refractivity contribution in [3.05, 3.63) is 59.7 Å². The van der Waals surface area contributed by atoms with E-state index in [9.17, 15) is 14.4 Å². The van der Waals surface area contributed by atoms with E-state index in [1.54, 1.807) is 48.5 Å². The number of hydrazine groups is 1. The Morgan fingerprint density at radius 3 is 1.91 bits per heavy atom. The molecule has 0 heterocycles. The molecule has 3 amide bonds. The second-order valence-corrected chi connectivity index (χ2v) is 8.54. The number of anilines is 1. The topological polar surface area (TPSA) is 96.5 Å². The predicted octanol–water partition coefficient (Wildman–Crippen LogP) is 4.32. The number of hydrogen-bond donors (Lipinski definition) is 3. The summed E-state index contributed by atoms with van der Waals surface area (Å²) >= 11 is 0. The number of hydrogen-bond acceptors (Lipinski definition) is 4. The Morgan fingerprint density at radius 2 is 1.38 bits per heavy atom. The third kappa shape index (κ3) is 6.83. The molecule has 1 aliphatic carbocycles. The molecule has 0 aromatic heterocycles. The van der Waals surface area contributed by atoms with Gasteiger partial charge < -0.3 is 10.1 Å². The summed E-state index contributed by atoms with van der Waals surface area (Å²) in [5, 5.41) is 2.92. The molecule has 7 nitrogen and oxygen atoms in total. The van der Waals surface area contributed by atoms with Gasteiger partial charge in [0.25, 0.3) is 11.8 Å². The van der Waals surface area contributed by atoms with E-state index in [2.05, 4.69) is 30.0 Å². The van der Waals surface area contributed by atoms with Gasteiger partial charge in [-0.15, -0.1) is 0 Å². The van der Waals surface area contributed by atoms with E-state index < -0.39 is 11.8 Å². The van der Waals surface area contributed by atoms with Crippen molar-refractivity contribution in [1.29, 1.82) is 0 Å². The molecule has 3 N–H and O–H groups in total. The number of amides is 3. The summed E-state index contributed by atoms with van der Waals surface area (Å²) < 4.78 is 5.60. The summed E-state index contributed by atoms with van der Waals surface area (Å²) in [5.41, 5.74) is 6.25. The van der Waals surface area contributed by atoms with E-state index in [0.29, 0.717) is 35.1 Å². The highest BCUT2D eigenvalue weighted by molar-refractivity contribution is 5.99. The largest absolute Gasteiger partial charge is 0.493 e. The maximum Gasteiger partial charge on any atom is 0.269 e. The number of carbonyl (C=O) groups excluding carboxylic acids is 3. The second-order valence-electron chi connectivity index (χ2n) is 8.54. The zero-order chi connectivity index (χ0) is 22.9. The highest BCUT2D eigenvalue weighted by atomic mass is 16.5. The molecule has 32 heavy (non-hydrogen) atoms. The summed E-state index contributed by atoms with van der Waals surface area (Å²) in [6, 6.07) is 13.3. The van der Waals surface area contributed by atoms with Crippen molar-refractivity contribution in [1.82, 2.24) is 10.9 Å². The molecule has 7 heteroatoms. The molecule has 1 fully saturated rings. The molecule has 3 rings (SSSR count). The van der Waals surface area contributed by atoms with Crippen LogP contribution >= 0.6 is 0 Å². The van der Waals surface area contributed by atoms with Crippen molar-refractivity contribution in [2.45, 2.75) is 46.0 Å². The maximum atomic E-state index is 12.3. The molecule has 0 unspecified atom stereocenters. The second kappa shape index (κ2) is 11.3. The first-order chi connectivity index (χ1) is 15.4. The van der Waals surface area contributed by atoms with Crippen molar-refractivity contribution in [3.8, 4) is 5.75 Å². The fraction of sp³-hybridized carbons (Fsp3) is 0.400. The molecular weight excluding hydrogens is 406 g/mol. The van der Waals surface area contributed by atoms with Crippen LogP contribution in [0, 0.1) is 11.8 Å². The average molecular weight is 438 g/mol. The zero-order valence-electron chi connectivity index (χ0n) is 18.6. The van der Waals surface area contributed by atoms with E-state index in [4.69, 9.17) is 4.74 Å². The number of rotatable bonds is 7. The van der Waals surface area contributed by atoms with Crippen LogP contribution in [0.25, 0.3) is 0 Å². The normalized spacial score (nSPS) is 14.0. The van der Waals surface area contributed by atoms with Gasteiger partial charge in [0, 0.05) is 22.7 Å². The van der Waals surface area contributed by atoms with E-state index in [0.717, 1.165) is 25.7 Å². The third-order valence-electron chi connectivity index (χ3n) is 5.38. The Kier molecular flexibility index (Phi) is 8.25. The summed E-state index contributed by atoms with van der Waals surface area (Å²) in [7, 11) is 0. The first-order valence-electron chi connectivity index (χ1n) is 11.2. The Bertz CT molecular complexity index is 917. The Hall–Kier alpha value is -3.35. The van der Waals surface area contributed by atoms with Gasteiger partial charge in [-0.2, -0.15) is 0 Å². The maximum absolute atomic E-state index is 12.3. The van der Waals surface area contributed by atoms with Crippen molar-refractivity contribution in [3.63, 3.8) is 0 Å². The highest BCUT2D eigenvalue weighted by Crippen LogP contribution is 2.25. The van der Waals surface area contributed by atoms with Crippen LogP contribution in [0.15, 0.2) is 48.5 Å². The molecular formula is C25H31N3O4. The van der Waals surface area contributed by atoms with Crippen LogP contribution in [0.3, 0.4) is 0 Å². The van der Waals surface area contributed by atoms with Gasteiger partial charge in [-0.25, -0.2) is 0 Å². The van der Waals surface area contributed by atoms with Crippen molar-refractivity contribution in [2.75, 3.05) is 11.9 Å². The predicted molar refractivity (Wildman–Crippen MR) is 123 cm³/mol. The van der Waals surface area contributed by atoms with Crippen LogP contribution < -0.4 is 20.9 Å². The van der Waals surface area contributed by atoms with Crippen LogP contribution in [0.2, 0.25) is 0 Å². The van der Waals surface area contributed by atoms with Crippen LogP contribution in [0.5, 0.6) is 5.75 Å². The summed E-state index contributed by atoms with van der Waals surface area (Å²) in [6.45, 7) is 4.72. The molecule has 0 radical (unpaired) electrons. The smallest absolute Gasteiger partial charge is 0.269 e. The van der Waals surface area contributed by atoms with Gasteiger partial charge in [0.15, 0.2) is 0 Å². The van der Waals surface area contributed by atoms with Crippen LogP contribution in [0.1, 0.15) is 66.7 Å². The standard InChI is InChI=1S/C25H31N3O4/c1-17(2)16-32-22-14-10-20(11-15-22)25(31)28-27-24(30)19-8-12-21(13-9-19)26-23(29)18-6-4-3-5-7-18/h8-15,17-18H,3-7,16H2,1-2H3,(H,26,29)(H,27,30)(H,28,31). The lowest BCUT2D eigenvalue weighted by molar-refractivity contribution is -0.120. The molecule has 170 valence electrons. The minimum absolute atomic E-state index is 0.0368. The minimum atomic E-state index is -0.444. The van der Waals surface area contributed by atoms with E-state index >= 15 is 0 Å². The molecule has 1 aliphatic rings. The van der Waals surface area contributed by atoms with Crippen LogP contribution in [-0.2, 0) is 4.79 Å². The molecule has 0 atom stereocenters. The lowest BCUT2D eigenvalue weighted by Crippen LogP contribution is -2.41. The highest BCUT2D eigenvalue weighted by Gasteiger charge is 2.21. The van der Waals surface area contributed by atoms with Gasteiger partial charge in [-0.3, -0.25) is 25.2 Å². The van der Waals surface area contributed by atoms with Gasteiger partial charge in [0.2, 0.25) is 5.91 Å². The first kappa shape index (κ1) is 23.3. The summed E-state index contributed by atoms with van der Waals surface area (Å²) in [5.74, 6) is 0.337. The minimum Gasteiger partial charge on any atom is -0.493 e. The van der Waals surface area contributed by atoms with Crippen molar-refractivity contribution >= 4 is 23.4 Å². The Morgan fingerprint density at radius 1 is 0.844 bits per heavy atom. The Balaban J connectivity index is 1.47. The summed E-state index contributed by atoms with van der Waals surface area (Å²) in [4.78, 5) is 36.9. The lowest BCUT2D eigenvalue weighted by atomic mass is 9.88. The quantitative estimate of drug-likeness (QED) is 0.562. The van der Waals surface area contributed by atoms with Crippen LogP contribution in [-0.4, -0.2) is 24.3 Å². The molecule has 2 aromatic rings. The SMILES string of the molecule is CC(C)COc1ccc(C(=O)NNC(=O)c2ccc(NC(=O)C3CCCCC3)cc2)cc1. The number of nitrogens with one attached hydrogen (secondary N) is 3. The average Bonchev–Trinajstić information content (AvgIpc) is 2.82. The van der Waals surface area contributed by atoms with Gasteiger partial charge in [-0.1, -0.05) is 33.1 Å². The molecule has 2 aromatic carbocycles. The van der Waals surface area contributed by atoms with Gasteiger partial charge in [0.05, 0.1) is 6.61 Å². The van der Waals surface area contributed by atoms with E-state index in [1.807, 2.05) is 0 Å². The Labute approximate surface area is 188 Å². The first-order valence-corrected chi connectivity index (χ1v) is 11.2. The number of benzene rings is 2. The van der Waals surface area contributed by atoms with Crippen molar-refractivity contribution in [2.24, 2.45) is 11.8 Å². The zero-order valence-corrected chi connectivity index (χ0v) is 18.6. The molecule has 1 saturated carbocycles. The fourth-order valence-corrected chi connectivity index (χ4v) is 3.54. The number of ether oxygens (including phenoxy) is 1. The molecule has 0 saturated heterocycles.